The van der Waals surface area contributed by atoms with Gasteiger partial charge in [0.05, 0.1) is 5.56 Å². The number of anilines is 1. The Balaban J connectivity index is 1.86. The van der Waals surface area contributed by atoms with Crippen LogP contribution in [0.1, 0.15) is 33.6 Å². The van der Waals surface area contributed by atoms with E-state index >= 15 is 0 Å². The number of carbonyl (C=O) groups is 3. The summed E-state index contributed by atoms with van der Waals surface area (Å²) in [5, 5.41) is 12.0. The van der Waals surface area contributed by atoms with E-state index in [4.69, 9.17) is 16.7 Å². The molecule has 0 unspecified atom stereocenters. The molecule has 6 heteroatoms. The molecule has 0 fully saturated rings. The van der Waals surface area contributed by atoms with Crippen molar-refractivity contribution in [1.29, 1.82) is 0 Å². The molecule has 0 bridgehead atoms. The van der Waals surface area contributed by atoms with E-state index in [2.05, 4.69) is 5.32 Å². The highest BCUT2D eigenvalue weighted by Crippen LogP contribution is 2.13. The number of carbonyl (C=O) groups excluding carboxylic acids is 2. The standard InChI is InChI=1S/C17H14ClNO4/c18-13-5-1-11(2-6-13)15(20)9-10-16(21)19-14-7-3-12(4-8-14)17(22)23/h1-8H,9-10H2,(H,19,21)(H,22,23). The van der Waals surface area contributed by atoms with E-state index in [-0.39, 0.29) is 30.1 Å². The summed E-state index contributed by atoms with van der Waals surface area (Å²) < 4.78 is 0. The Morgan fingerprint density at radius 1 is 0.870 bits per heavy atom. The van der Waals surface area contributed by atoms with Gasteiger partial charge in [-0.1, -0.05) is 11.6 Å². The summed E-state index contributed by atoms with van der Waals surface area (Å²) in [5.41, 5.74) is 1.13. The Labute approximate surface area is 137 Å². The molecule has 5 nitrogen and oxygen atoms in total. The lowest BCUT2D eigenvalue weighted by Crippen LogP contribution is -2.13. The molecule has 1 amide bonds. The molecule has 0 saturated heterocycles. The maximum absolute atomic E-state index is 11.9. The number of hydrogen-bond acceptors (Lipinski definition) is 3. The summed E-state index contributed by atoms with van der Waals surface area (Å²) in [6, 6.07) is 12.3. The minimum absolute atomic E-state index is 0.0438. The topological polar surface area (TPSA) is 83.5 Å². The van der Waals surface area contributed by atoms with Crippen LogP contribution in [-0.2, 0) is 4.79 Å². The third-order valence-electron chi connectivity index (χ3n) is 3.16. The predicted octanol–water partition coefficient (Wildman–Crippen LogP) is 3.64. The second kappa shape index (κ2) is 7.56. The molecule has 0 aliphatic heterocycles. The van der Waals surface area contributed by atoms with E-state index in [9.17, 15) is 14.4 Å². The molecule has 0 aliphatic rings. The number of rotatable bonds is 6. The molecule has 0 aliphatic carbocycles. The van der Waals surface area contributed by atoms with Gasteiger partial charge in [-0.2, -0.15) is 0 Å². The van der Waals surface area contributed by atoms with Gasteiger partial charge in [-0.3, -0.25) is 9.59 Å². The summed E-state index contributed by atoms with van der Waals surface area (Å²) in [4.78, 5) is 34.5. The zero-order valence-electron chi connectivity index (χ0n) is 12.1. The molecular weight excluding hydrogens is 318 g/mol. The highest BCUT2D eigenvalue weighted by molar-refractivity contribution is 6.30. The molecular formula is C17H14ClNO4. The Morgan fingerprint density at radius 3 is 2.00 bits per heavy atom. The summed E-state index contributed by atoms with van der Waals surface area (Å²) in [5.74, 6) is -1.48. The average molecular weight is 332 g/mol. The van der Waals surface area contributed by atoms with Crippen LogP contribution in [0.4, 0.5) is 5.69 Å². The van der Waals surface area contributed by atoms with E-state index in [1.807, 2.05) is 0 Å². The van der Waals surface area contributed by atoms with Crippen LogP contribution in [0, 0.1) is 0 Å². The number of ketones is 1. The minimum Gasteiger partial charge on any atom is -0.478 e. The molecule has 0 saturated carbocycles. The van der Waals surface area contributed by atoms with E-state index in [1.165, 1.54) is 24.3 Å². The number of hydrogen-bond donors (Lipinski definition) is 2. The molecule has 2 aromatic carbocycles. The second-order valence-corrected chi connectivity index (χ2v) is 5.30. The van der Waals surface area contributed by atoms with Gasteiger partial charge in [0.2, 0.25) is 5.91 Å². The fourth-order valence-corrected chi connectivity index (χ4v) is 2.05. The van der Waals surface area contributed by atoms with Crippen molar-refractivity contribution in [2.75, 3.05) is 5.32 Å². The van der Waals surface area contributed by atoms with Crippen LogP contribution in [0.2, 0.25) is 5.02 Å². The average Bonchev–Trinajstić information content (AvgIpc) is 2.54. The zero-order valence-corrected chi connectivity index (χ0v) is 12.8. The highest BCUT2D eigenvalue weighted by Gasteiger charge is 2.10. The predicted molar refractivity (Wildman–Crippen MR) is 87.0 cm³/mol. The van der Waals surface area contributed by atoms with Crippen molar-refractivity contribution in [3.63, 3.8) is 0 Å². The number of nitrogens with one attached hydrogen (secondary N) is 1. The summed E-state index contributed by atoms with van der Waals surface area (Å²) in [6.07, 6.45) is 0.128. The second-order valence-electron chi connectivity index (χ2n) is 4.86. The third kappa shape index (κ3) is 4.93. The van der Waals surface area contributed by atoms with Gasteiger partial charge in [0, 0.05) is 29.1 Å². The molecule has 2 aromatic rings. The van der Waals surface area contributed by atoms with Gasteiger partial charge in [-0.25, -0.2) is 4.79 Å². The van der Waals surface area contributed by atoms with Crippen LogP contribution in [0.15, 0.2) is 48.5 Å². The van der Waals surface area contributed by atoms with E-state index in [0.717, 1.165) is 0 Å². The maximum Gasteiger partial charge on any atom is 0.335 e. The van der Waals surface area contributed by atoms with Crippen LogP contribution in [-0.4, -0.2) is 22.8 Å². The van der Waals surface area contributed by atoms with E-state index in [1.54, 1.807) is 24.3 Å². The van der Waals surface area contributed by atoms with Crippen LogP contribution in [0.5, 0.6) is 0 Å². The summed E-state index contributed by atoms with van der Waals surface area (Å²) >= 11 is 5.75. The van der Waals surface area contributed by atoms with Crippen molar-refractivity contribution >= 4 is 34.9 Å². The first-order valence-electron chi connectivity index (χ1n) is 6.87. The lowest BCUT2D eigenvalue weighted by atomic mass is 10.1. The Hall–Kier alpha value is -2.66. The summed E-state index contributed by atoms with van der Waals surface area (Å²) in [6.45, 7) is 0. The number of amides is 1. The monoisotopic (exact) mass is 331 g/mol. The van der Waals surface area contributed by atoms with E-state index in [0.29, 0.717) is 16.3 Å². The molecule has 0 radical (unpaired) electrons. The normalized spacial score (nSPS) is 10.1. The van der Waals surface area contributed by atoms with Crippen LogP contribution < -0.4 is 5.32 Å². The number of carboxylic acids is 1. The molecule has 2 N–H and O–H groups in total. The van der Waals surface area contributed by atoms with E-state index < -0.39 is 5.97 Å². The van der Waals surface area contributed by atoms with Crippen molar-refractivity contribution in [1.82, 2.24) is 0 Å². The minimum atomic E-state index is -1.03. The van der Waals surface area contributed by atoms with Crippen molar-refractivity contribution < 1.29 is 19.5 Å². The highest BCUT2D eigenvalue weighted by atomic mass is 35.5. The Kier molecular flexibility index (Phi) is 5.49. The molecule has 0 aromatic heterocycles. The van der Waals surface area contributed by atoms with Crippen molar-refractivity contribution in [3.05, 3.63) is 64.7 Å². The largest absolute Gasteiger partial charge is 0.478 e. The van der Waals surface area contributed by atoms with Gasteiger partial charge >= 0.3 is 5.97 Å². The van der Waals surface area contributed by atoms with Crippen LogP contribution in [0.25, 0.3) is 0 Å². The number of Topliss-reactive ketones (excluding diaryl/α,β-unsaturated/α-hetero) is 1. The number of carboxylic acid groups (broad SMARTS) is 1. The lowest BCUT2D eigenvalue weighted by molar-refractivity contribution is -0.116. The Bertz CT molecular complexity index is 723. The fraction of sp³-hybridized carbons (Fsp3) is 0.118. The molecule has 0 heterocycles. The molecule has 118 valence electrons. The van der Waals surface area contributed by atoms with Crippen LogP contribution >= 0.6 is 11.6 Å². The van der Waals surface area contributed by atoms with Gasteiger partial charge in [-0.05, 0) is 48.5 Å². The third-order valence-corrected chi connectivity index (χ3v) is 3.41. The van der Waals surface area contributed by atoms with Gasteiger partial charge in [0.1, 0.15) is 0 Å². The van der Waals surface area contributed by atoms with Crippen molar-refractivity contribution in [2.24, 2.45) is 0 Å². The van der Waals surface area contributed by atoms with Crippen LogP contribution in [0.3, 0.4) is 0 Å². The first-order valence-corrected chi connectivity index (χ1v) is 7.25. The smallest absolute Gasteiger partial charge is 0.335 e. The molecule has 23 heavy (non-hydrogen) atoms. The first-order chi connectivity index (χ1) is 11.0. The summed E-state index contributed by atoms with van der Waals surface area (Å²) in [7, 11) is 0. The van der Waals surface area contributed by atoms with Gasteiger partial charge in [0.25, 0.3) is 0 Å². The maximum atomic E-state index is 11.9. The van der Waals surface area contributed by atoms with Crippen molar-refractivity contribution in [2.45, 2.75) is 12.8 Å². The number of aromatic carboxylic acids is 1. The van der Waals surface area contributed by atoms with Gasteiger partial charge in [0.15, 0.2) is 5.78 Å². The zero-order chi connectivity index (χ0) is 16.8. The molecule has 0 spiro atoms. The number of halogens is 1. The lowest BCUT2D eigenvalue weighted by Gasteiger charge is -2.05. The molecule has 0 atom stereocenters. The first kappa shape index (κ1) is 16.7. The Morgan fingerprint density at radius 2 is 1.43 bits per heavy atom. The fourth-order valence-electron chi connectivity index (χ4n) is 1.93. The van der Waals surface area contributed by atoms with Crippen molar-refractivity contribution in [3.8, 4) is 0 Å². The number of benzene rings is 2. The quantitative estimate of drug-likeness (QED) is 0.791. The molecule has 2 rings (SSSR count). The SMILES string of the molecule is O=C(CCC(=O)c1ccc(Cl)cc1)Nc1ccc(C(=O)O)cc1. The van der Waals surface area contributed by atoms with Gasteiger partial charge < -0.3 is 10.4 Å². The van der Waals surface area contributed by atoms with Gasteiger partial charge in [-0.15, -0.1) is 0 Å².